The van der Waals surface area contributed by atoms with Crippen LogP contribution in [0.3, 0.4) is 0 Å². The van der Waals surface area contributed by atoms with Crippen LogP contribution in [-0.4, -0.2) is 23.8 Å². The van der Waals surface area contributed by atoms with Crippen LogP contribution in [0.25, 0.3) is 0 Å². The minimum atomic E-state index is 0.0297. The molecule has 0 aliphatic carbocycles. The summed E-state index contributed by atoms with van der Waals surface area (Å²) in [5.41, 5.74) is 0. The summed E-state index contributed by atoms with van der Waals surface area (Å²) < 4.78 is 0. The molecule has 14 heavy (non-hydrogen) atoms. The lowest BCUT2D eigenvalue weighted by molar-refractivity contribution is -0.123. The lowest BCUT2D eigenvalue weighted by Gasteiger charge is -2.22. The molecule has 1 aromatic rings. The van der Waals surface area contributed by atoms with E-state index in [1.54, 1.807) is 11.3 Å². The third-order valence-electron chi connectivity index (χ3n) is 2.46. The van der Waals surface area contributed by atoms with E-state index in [1.807, 2.05) is 27.0 Å². The van der Waals surface area contributed by atoms with E-state index >= 15 is 0 Å². The summed E-state index contributed by atoms with van der Waals surface area (Å²) >= 11 is 1.74. The van der Waals surface area contributed by atoms with Crippen LogP contribution in [0.5, 0.6) is 0 Å². The van der Waals surface area contributed by atoms with Crippen molar-refractivity contribution in [2.75, 3.05) is 7.05 Å². The van der Waals surface area contributed by atoms with E-state index in [0.717, 1.165) is 6.54 Å². The van der Waals surface area contributed by atoms with E-state index in [0.29, 0.717) is 12.2 Å². The topological polar surface area (TPSA) is 20.3 Å². The van der Waals surface area contributed by atoms with Gasteiger partial charge in [0.2, 0.25) is 0 Å². The maximum atomic E-state index is 11.4. The Kier molecular flexibility index (Phi) is 4.29. The van der Waals surface area contributed by atoms with Crippen LogP contribution >= 0.6 is 11.3 Å². The standard InChI is InChI=1S/C11H17NOS/c1-4-11(13)9(2)12(3)8-10-6-5-7-14-10/h5-7,9H,4,8H2,1-3H3. The summed E-state index contributed by atoms with van der Waals surface area (Å²) in [4.78, 5) is 14.8. The van der Waals surface area contributed by atoms with E-state index < -0.39 is 0 Å². The van der Waals surface area contributed by atoms with Crippen LogP contribution in [0.2, 0.25) is 0 Å². The number of ketones is 1. The Morgan fingerprint density at radius 1 is 1.64 bits per heavy atom. The first kappa shape index (κ1) is 11.4. The smallest absolute Gasteiger partial charge is 0.149 e. The van der Waals surface area contributed by atoms with Crippen molar-refractivity contribution in [2.24, 2.45) is 0 Å². The number of carbonyl (C=O) groups is 1. The first-order chi connectivity index (χ1) is 6.65. The molecule has 0 radical (unpaired) electrons. The zero-order valence-electron chi connectivity index (χ0n) is 8.99. The number of hydrogen-bond donors (Lipinski definition) is 0. The summed E-state index contributed by atoms with van der Waals surface area (Å²) in [6.45, 7) is 4.75. The molecule has 0 fully saturated rings. The Morgan fingerprint density at radius 2 is 2.36 bits per heavy atom. The average Bonchev–Trinajstić information content (AvgIpc) is 2.68. The van der Waals surface area contributed by atoms with Gasteiger partial charge in [0.15, 0.2) is 0 Å². The molecule has 2 nitrogen and oxygen atoms in total. The van der Waals surface area contributed by atoms with Crippen LogP contribution in [-0.2, 0) is 11.3 Å². The molecule has 0 bridgehead atoms. The summed E-state index contributed by atoms with van der Waals surface area (Å²) in [5, 5.41) is 2.06. The van der Waals surface area contributed by atoms with Crippen LogP contribution in [0.4, 0.5) is 0 Å². The SMILES string of the molecule is CCC(=O)C(C)N(C)Cc1cccs1. The maximum Gasteiger partial charge on any atom is 0.149 e. The van der Waals surface area contributed by atoms with Gasteiger partial charge in [0, 0.05) is 17.8 Å². The highest BCUT2D eigenvalue weighted by Gasteiger charge is 2.16. The first-order valence-electron chi connectivity index (χ1n) is 4.90. The molecule has 0 aliphatic heterocycles. The molecular weight excluding hydrogens is 194 g/mol. The Hall–Kier alpha value is -0.670. The summed E-state index contributed by atoms with van der Waals surface area (Å²) in [6, 6.07) is 4.17. The molecule has 1 unspecified atom stereocenters. The summed E-state index contributed by atoms with van der Waals surface area (Å²) in [7, 11) is 2.00. The van der Waals surface area contributed by atoms with Gasteiger partial charge < -0.3 is 0 Å². The molecule has 0 aliphatic rings. The van der Waals surface area contributed by atoms with Crippen molar-refractivity contribution in [1.29, 1.82) is 0 Å². The maximum absolute atomic E-state index is 11.4. The number of rotatable bonds is 5. The van der Waals surface area contributed by atoms with Gasteiger partial charge in [-0.25, -0.2) is 0 Å². The Labute approximate surface area is 89.5 Å². The van der Waals surface area contributed by atoms with Crippen molar-refractivity contribution in [3.05, 3.63) is 22.4 Å². The molecule has 0 aromatic carbocycles. The van der Waals surface area contributed by atoms with Crippen molar-refractivity contribution in [1.82, 2.24) is 4.90 Å². The Morgan fingerprint density at radius 3 is 2.86 bits per heavy atom. The molecule has 1 atom stereocenters. The second-order valence-corrected chi connectivity index (χ2v) is 4.52. The quantitative estimate of drug-likeness (QED) is 0.746. The first-order valence-corrected chi connectivity index (χ1v) is 5.78. The van der Waals surface area contributed by atoms with Gasteiger partial charge in [0.25, 0.3) is 0 Å². The molecule has 1 heterocycles. The number of thiophene rings is 1. The highest BCUT2D eigenvalue weighted by molar-refractivity contribution is 7.09. The van der Waals surface area contributed by atoms with Crippen LogP contribution in [0.15, 0.2) is 17.5 Å². The fraction of sp³-hybridized carbons (Fsp3) is 0.545. The third-order valence-corrected chi connectivity index (χ3v) is 3.32. The fourth-order valence-corrected chi connectivity index (χ4v) is 2.09. The molecule has 1 aromatic heterocycles. The largest absolute Gasteiger partial charge is 0.298 e. The lowest BCUT2D eigenvalue weighted by Crippen LogP contribution is -2.34. The molecule has 0 saturated carbocycles. The second-order valence-electron chi connectivity index (χ2n) is 3.49. The molecule has 0 amide bonds. The highest BCUT2D eigenvalue weighted by atomic mass is 32.1. The molecule has 0 saturated heterocycles. The van der Waals surface area contributed by atoms with Crippen molar-refractivity contribution in [3.63, 3.8) is 0 Å². The highest BCUT2D eigenvalue weighted by Crippen LogP contribution is 2.13. The van der Waals surface area contributed by atoms with Crippen LogP contribution in [0, 0.1) is 0 Å². The van der Waals surface area contributed by atoms with Gasteiger partial charge in [0.1, 0.15) is 5.78 Å². The van der Waals surface area contributed by atoms with Gasteiger partial charge in [0.05, 0.1) is 6.04 Å². The van der Waals surface area contributed by atoms with E-state index in [2.05, 4.69) is 16.3 Å². The molecule has 1 rings (SSSR count). The monoisotopic (exact) mass is 211 g/mol. The van der Waals surface area contributed by atoms with Gasteiger partial charge in [-0.05, 0) is 25.4 Å². The van der Waals surface area contributed by atoms with Gasteiger partial charge in [-0.2, -0.15) is 0 Å². The zero-order valence-corrected chi connectivity index (χ0v) is 9.80. The van der Waals surface area contributed by atoms with E-state index in [4.69, 9.17) is 0 Å². The normalized spacial score (nSPS) is 13.1. The predicted octanol–water partition coefficient (Wildman–Crippen LogP) is 2.55. The van der Waals surface area contributed by atoms with Crippen molar-refractivity contribution in [3.8, 4) is 0 Å². The lowest BCUT2D eigenvalue weighted by atomic mass is 10.1. The van der Waals surface area contributed by atoms with Gasteiger partial charge in [-0.1, -0.05) is 13.0 Å². The summed E-state index contributed by atoms with van der Waals surface area (Å²) in [5.74, 6) is 0.309. The number of likely N-dealkylation sites (N-methyl/N-ethyl adjacent to an activating group) is 1. The Balaban J connectivity index is 2.49. The number of nitrogens with zero attached hydrogens (tertiary/aromatic N) is 1. The molecule has 78 valence electrons. The fourth-order valence-electron chi connectivity index (χ4n) is 1.33. The third kappa shape index (κ3) is 2.93. The van der Waals surface area contributed by atoms with Crippen molar-refractivity contribution >= 4 is 17.1 Å². The van der Waals surface area contributed by atoms with Gasteiger partial charge >= 0.3 is 0 Å². The summed E-state index contributed by atoms with van der Waals surface area (Å²) in [6.07, 6.45) is 0.621. The van der Waals surface area contributed by atoms with Gasteiger partial charge in [-0.15, -0.1) is 11.3 Å². The van der Waals surface area contributed by atoms with Crippen molar-refractivity contribution in [2.45, 2.75) is 32.9 Å². The van der Waals surface area contributed by atoms with Crippen LogP contribution in [0.1, 0.15) is 25.1 Å². The minimum absolute atomic E-state index is 0.0297. The number of carbonyl (C=O) groups excluding carboxylic acids is 1. The Bertz CT molecular complexity index is 281. The molecule has 3 heteroatoms. The number of hydrogen-bond acceptors (Lipinski definition) is 3. The van der Waals surface area contributed by atoms with E-state index in [-0.39, 0.29) is 6.04 Å². The minimum Gasteiger partial charge on any atom is -0.298 e. The average molecular weight is 211 g/mol. The predicted molar refractivity (Wildman–Crippen MR) is 60.5 cm³/mol. The van der Waals surface area contributed by atoms with E-state index in [9.17, 15) is 4.79 Å². The molecule has 0 spiro atoms. The molecular formula is C11H17NOS. The number of Topliss-reactive ketones (excluding diaryl/α,β-unsaturated/α-hetero) is 1. The zero-order chi connectivity index (χ0) is 10.6. The van der Waals surface area contributed by atoms with Gasteiger partial charge in [-0.3, -0.25) is 9.69 Å². The van der Waals surface area contributed by atoms with Crippen LogP contribution < -0.4 is 0 Å². The van der Waals surface area contributed by atoms with Crippen molar-refractivity contribution < 1.29 is 4.79 Å². The molecule has 0 N–H and O–H groups in total. The second kappa shape index (κ2) is 5.27. The van der Waals surface area contributed by atoms with E-state index in [1.165, 1.54) is 4.88 Å².